The lowest BCUT2D eigenvalue weighted by Gasteiger charge is -2.16. The predicted molar refractivity (Wildman–Crippen MR) is 68.7 cm³/mol. The molecule has 5 heteroatoms. The van der Waals surface area contributed by atoms with Crippen molar-refractivity contribution < 1.29 is 9.90 Å². The highest BCUT2D eigenvalue weighted by molar-refractivity contribution is 7.15. The van der Waals surface area contributed by atoms with Gasteiger partial charge in [0, 0.05) is 22.8 Å². The minimum atomic E-state index is -0.765. The molecule has 0 saturated heterocycles. The lowest BCUT2D eigenvalue weighted by molar-refractivity contribution is -0.139. The molecule has 2 aromatic rings. The average molecular weight is 260 g/mol. The number of rotatable bonds is 2. The number of pyridine rings is 1. The molecule has 0 aliphatic heterocycles. The SMILES string of the molecule is O=C(O)C1CCCc2sc(-c3cccnc3)nc21. The van der Waals surface area contributed by atoms with Crippen LogP contribution in [0.1, 0.15) is 29.3 Å². The summed E-state index contributed by atoms with van der Waals surface area (Å²) in [6.07, 6.45) is 6.05. The molecule has 0 radical (unpaired) electrons. The first-order chi connectivity index (χ1) is 8.75. The Morgan fingerprint density at radius 3 is 3.11 bits per heavy atom. The summed E-state index contributed by atoms with van der Waals surface area (Å²) in [4.78, 5) is 20.9. The maximum atomic E-state index is 11.2. The van der Waals surface area contributed by atoms with Crippen LogP contribution in [0.2, 0.25) is 0 Å². The van der Waals surface area contributed by atoms with E-state index in [0.717, 1.165) is 34.0 Å². The number of carbonyl (C=O) groups is 1. The maximum absolute atomic E-state index is 11.2. The number of carboxylic acid groups (broad SMARTS) is 1. The molecule has 2 aromatic heterocycles. The second-order valence-electron chi connectivity index (χ2n) is 4.35. The van der Waals surface area contributed by atoms with E-state index in [-0.39, 0.29) is 0 Å². The smallest absolute Gasteiger partial charge is 0.312 e. The van der Waals surface area contributed by atoms with Crippen molar-refractivity contribution >= 4 is 17.3 Å². The average Bonchev–Trinajstić information content (AvgIpc) is 2.83. The molecule has 1 aliphatic carbocycles. The van der Waals surface area contributed by atoms with Crippen molar-refractivity contribution in [3.05, 3.63) is 35.1 Å². The first kappa shape index (κ1) is 11.3. The third kappa shape index (κ3) is 1.90. The summed E-state index contributed by atoms with van der Waals surface area (Å²) < 4.78 is 0. The summed E-state index contributed by atoms with van der Waals surface area (Å²) in [6, 6.07) is 3.82. The Kier molecular flexibility index (Phi) is 2.83. The third-order valence-electron chi connectivity index (χ3n) is 3.16. The van der Waals surface area contributed by atoms with Gasteiger partial charge in [-0.05, 0) is 31.4 Å². The van der Waals surface area contributed by atoms with Crippen LogP contribution in [-0.2, 0) is 11.2 Å². The summed E-state index contributed by atoms with van der Waals surface area (Å²) in [6.45, 7) is 0. The largest absolute Gasteiger partial charge is 0.481 e. The number of aromatic nitrogens is 2. The number of fused-ring (bicyclic) bond motifs is 1. The van der Waals surface area contributed by atoms with Crippen LogP contribution >= 0.6 is 11.3 Å². The molecular formula is C13H12N2O2S. The van der Waals surface area contributed by atoms with Gasteiger partial charge >= 0.3 is 5.97 Å². The van der Waals surface area contributed by atoms with E-state index in [9.17, 15) is 9.90 Å². The normalized spacial score (nSPS) is 18.3. The minimum absolute atomic E-state index is 0.435. The fraction of sp³-hybridized carbons (Fsp3) is 0.308. The van der Waals surface area contributed by atoms with E-state index in [1.807, 2.05) is 12.1 Å². The number of hydrogen-bond donors (Lipinski definition) is 1. The molecule has 18 heavy (non-hydrogen) atoms. The van der Waals surface area contributed by atoms with Crippen LogP contribution in [0.25, 0.3) is 10.6 Å². The Bertz CT molecular complexity index is 580. The van der Waals surface area contributed by atoms with Gasteiger partial charge in [-0.25, -0.2) is 4.98 Å². The van der Waals surface area contributed by atoms with Crippen molar-refractivity contribution in [2.45, 2.75) is 25.2 Å². The number of carboxylic acids is 1. The second-order valence-corrected chi connectivity index (χ2v) is 5.44. The van der Waals surface area contributed by atoms with E-state index in [2.05, 4.69) is 9.97 Å². The molecule has 1 unspecified atom stereocenters. The first-order valence-corrected chi connectivity index (χ1v) is 6.70. The zero-order chi connectivity index (χ0) is 12.5. The highest BCUT2D eigenvalue weighted by Gasteiger charge is 2.30. The molecule has 0 bridgehead atoms. The van der Waals surface area contributed by atoms with Gasteiger partial charge in [-0.3, -0.25) is 9.78 Å². The van der Waals surface area contributed by atoms with E-state index >= 15 is 0 Å². The predicted octanol–water partition coefficient (Wildman–Crippen LogP) is 2.71. The standard InChI is InChI=1S/C13H12N2O2S/c16-13(17)9-4-1-5-10-11(9)15-12(18-10)8-3-2-6-14-7-8/h2-3,6-7,9H,1,4-5H2,(H,16,17). The highest BCUT2D eigenvalue weighted by Crippen LogP contribution is 2.38. The molecule has 1 N–H and O–H groups in total. The summed E-state index contributed by atoms with van der Waals surface area (Å²) >= 11 is 1.60. The Morgan fingerprint density at radius 2 is 2.39 bits per heavy atom. The van der Waals surface area contributed by atoms with Gasteiger partial charge < -0.3 is 5.11 Å². The van der Waals surface area contributed by atoms with Crippen LogP contribution < -0.4 is 0 Å². The third-order valence-corrected chi connectivity index (χ3v) is 4.34. The van der Waals surface area contributed by atoms with Crippen LogP contribution in [-0.4, -0.2) is 21.0 Å². The molecule has 4 nitrogen and oxygen atoms in total. The van der Waals surface area contributed by atoms with Crippen molar-refractivity contribution in [3.63, 3.8) is 0 Å². The molecule has 3 rings (SSSR count). The van der Waals surface area contributed by atoms with Crippen molar-refractivity contribution in [1.29, 1.82) is 0 Å². The number of thiazole rings is 1. The number of hydrogen-bond acceptors (Lipinski definition) is 4. The van der Waals surface area contributed by atoms with Crippen LogP contribution in [0.15, 0.2) is 24.5 Å². The zero-order valence-corrected chi connectivity index (χ0v) is 10.5. The topological polar surface area (TPSA) is 63.1 Å². The fourth-order valence-electron chi connectivity index (χ4n) is 2.27. The van der Waals surface area contributed by atoms with Crippen molar-refractivity contribution in [2.75, 3.05) is 0 Å². The van der Waals surface area contributed by atoms with Crippen LogP contribution in [0, 0.1) is 0 Å². The van der Waals surface area contributed by atoms with Crippen LogP contribution in [0.5, 0.6) is 0 Å². The van der Waals surface area contributed by atoms with Gasteiger partial charge in [0.25, 0.3) is 0 Å². The Labute approximate surface area is 108 Å². The van der Waals surface area contributed by atoms with Gasteiger partial charge in [0.1, 0.15) is 5.01 Å². The summed E-state index contributed by atoms with van der Waals surface area (Å²) in [5.74, 6) is -1.20. The van der Waals surface area contributed by atoms with E-state index in [1.165, 1.54) is 0 Å². The van der Waals surface area contributed by atoms with E-state index in [1.54, 1.807) is 23.7 Å². The van der Waals surface area contributed by atoms with E-state index in [4.69, 9.17) is 0 Å². The lowest BCUT2D eigenvalue weighted by Crippen LogP contribution is -2.17. The maximum Gasteiger partial charge on any atom is 0.312 e. The van der Waals surface area contributed by atoms with Crippen molar-refractivity contribution in [1.82, 2.24) is 9.97 Å². The van der Waals surface area contributed by atoms with Crippen molar-refractivity contribution in [3.8, 4) is 10.6 Å². The fourth-order valence-corrected chi connectivity index (χ4v) is 3.43. The summed E-state index contributed by atoms with van der Waals surface area (Å²) in [7, 11) is 0. The number of aliphatic carboxylic acids is 1. The van der Waals surface area contributed by atoms with Crippen LogP contribution in [0.3, 0.4) is 0 Å². The van der Waals surface area contributed by atoms with Crippen molar-refractivity contribution in [2.24, 2.45) is 0 Å². The number of aryl methyl sites for hydroxylation is 1. The Morgan fingerprint density at radius 1 is 1.50 bits per heavy atom. The van der Waals surface area contributed by atoms with Gasteiger partial charge in [0.05, 0.1) is 11.6 Å². The molecule has 92 valence electrons. The molecule has 2 heterocycles. The quantitative estimate of drug-likeness (QED) is 0.901. The van der Waals surface area contributed by atoms with Gasteiger partial charge in [-0.2, -0.15) is 0 Å². The van der Waals surface area contributed by atoms with E-state index in [0.29, 0.717) is 6.42 Å². The van der Waals surface area contributed by atoms with Gasteiger partial charge in [0.15, 0.2) is 0 Å². The molecule has 0 fully saturated rings. The molecule has 0 spiro atoms. The van der Waals surface area contributed by atoms with Gasteiger partial charge in [-0.1, -0.05) is 0 Å². The lowest BCUT2D eigenvalue weighted by atomic mass is 9.91. The molecule has 0 saturated carbocycles. The summed E-state index contributed by atoms with van der Waals surface area (Å²) in [5, 5.41) is 10.1. The van der Waals surface area contributed by atoms with E-state index < -0.39 is 11.9 Å². The molecule has 0 aromatic carbocycles. The molecular weight excluding hydrogens is 248 g/mol. The monoisotopic (exact) mass is 260 g/mol. The molecule has 0 amide bonds. The molecule has 1 atom stereocenters. The Hall–Kier alpha value is -1.75. The molecule has 1 aliphatic rings. The summed E-state index contributed by atoms with van der Waals surface area (Å²) in [5.41, 5.74) is 1.72. The second kappa shape index (κ2) is 4.49. The minimum Gasteiger partial charge on any atom is -0.481 e. The number of nitrogens with zero attached hydrogens (tertiary/aromatic N) is 2. The zero-order valence-electron chi connectivity index (χ0n) is 9.67. The first-order valence-electron chi connectivity index (χ1n) is 5.88. The Balaban J connectivity index is 2.04. The highest BCUT2D eigenvalue weighted by atomic mass is 32.1. The van der Waals surface area contributed by atoms with Crippen LogP contribution in [0.4, 0.5) is 0 Å². The van der Waals surface area contributed by atoms with Gasteiger partial charge in [0.2, 0.25) is 0 Å². The van der Waals surface area contributed by atoms with Gasteiger partial charge in [-0.15, -0.1) is 11.3 Å².